The number of aryl methyl sites for hydroxylation is 1. The second kappa shape index (κ2) is 10.8. The molecule has 1 unspecified atom stereocenters. The van der Waals surface area contributed by atoms with Gasteiger partial charge in [0.2, 0.25) is 5.91 Å². The van der Waals surface area contributed by atoms with E-state index in [0.29, 0.717) is 12.8 Å². The molecular formula is C29H32N3OP. The molecule has 1 amide bonds. The smallest absolute Gasteiger partial charge is 0.224 e. The van der Waals surface area contributed by atoms with Gasteiger partial charge < -0.3 is 5.32 Å². The summed E-state index contributed by atoms with van der Waals surface area (Å²) in [4.78, 5) is 12.8. The second-order valence-electron chi connectivity index (χ2n) is 8.62. The Hall–Kier alpha value is -3.23. The summed E-state index contributed by atoms with van der Waals surface area (Å²) < 4.78 is 1.96. The lowest BCUT2D eigenvalue weighted by molar-refractivity contribution is -0.116. The molecule has 4 rings (SSSR count). The number of hydrogen-bond donors (Lipinski definition) is 1. The Balaban J connectivity index is 1.49. The van der Waals surface area contributed by atoms with E-state index in [-0.39, 0.29) is 11.1 Å². The minimum absolute atomic E-state index is 0.00217. The Morgan fingerprint density at radius 2 is 1.53 bits per heavy atom. The quantitative estimate of drug-likeness (QED) is 0.268. The molecule has 1 aromatic heterocycles. The Kier molecular flexibility index (Phi) is 7.59. The molecule has 0 radical (unpaired) electrons. The predicted octanol–water partition coefficient (Wildman–Crippen LogP) is 7.00. The molecule has 1 heterocycles. The number of benzene rings is 3. The van der Waals surface area contributed by atoms with Crippen LogP contribution in [0.1, 0.15) is 44.2 Å². The van der Waals surface area contributed by atoms with Crippen molar-refractivity contribution in [3.63, 3.8) is 0 Å². The lowest BCUT2D eigenvalue weighted by Gasteiger charge is -2.27. The molecule has 0 fully saturated rings. The highest BCUT2D eigenvalue weighted by atomic mass is 31.0. The summed E-state index contributed by atoms with van der Waals surface area (Å²) in [7, 11) is 2.99. The second-order valence-corrected chi connectivity index (χ2v) is 9.73. The zero-order chi connectivity index (χ0) is 24.0. The molecule has 1 atom stereocenters. The first kappa shape index (κ1) is 23.9. The highest BCUT2D eigenvalue weighted by Gasteiger charge is 2.22. The van der Waals surface area contributed by atoms with Crippen LogP contribution < -0.4 is 5.32 Å². The molecule has 0 saturated carbocycles. The number of aromatic nitrogens is 2. The first-order chi connectivity index (χ1) is 16.5. The van der Waals surface area contributed by atoms with E-state index < -0.39 is 0 Å². The van der Waals surface area contributed by atoms with Crippen molar-refractivity contribution in [2.75, 3.05) is 5.32 Å². The van der Waals surface area contributed by atoms with Crippen LogP contribution in [-0.2, 0) is 16.4 Å². The maximum atomic E-state index is 12.8. The van der Waals surface area contributed by atoms with E-state index in [1.54, 1.807) is 0 Å². The van der Waals surface area contributed by atoms with Crippen LogP contribution in [0.15, 0.2) is 91.1 Å². The van der Waals surface area contributed by atoms with Crippen LogP contribution in [0, 0.1) is 0 Å². The first-order valence-electron chi connectivity index (χ1n) is 11.9. The van der Waals surface area contributed by atoms with Crippen LogP contribution in [0.2, 0.25) is 0 Å². The molecule has 5 heteroatoms. The summed E-state index contributed by atoms with van der Waals surface area (Å²) in [6.07, 6.45) is 4.99. The summed E-state index contributed by atoms with van der Waals surface area (Å²) in [6.45, 7) is 4.41. The number of nitrogens with one attached hydrogen (secondary N) is 1. The van der Waals surface area contributed by atoms with Crippen LogP contribution in [0.4, 0.5) is 5.69 Å². The van der Waals surface area contributed by atoms with E-state index in [2.05, 4.69) is 57.8 Å². The number of anilines is 1. The molecule has 0 bridgehead atoms. The zero-order valence-corrected chi connectivity index (χ0v) is 21.0. The molecule has 0 aliphatic rings. The Morgan fingerprint density at radius 1 is 0.912 bits per heavy atom. The maximum absolute atomic E-state index is 12.8. The fraction of sp³-hybridized carbons (Fsp3) is 0.241. The number of para-hydroxylation sites is 1. The van der Waals surface area contributed by atoms with Gasteiger partial charge in [-0.25, -0.2) is 4.68 Å². The summed E-state index contributed by atoms with van der Waals surface area (Å²) >= 11 is 0. The first-order valence-corrected chi connectivity index (χ1v) is 12.5. The fourth-order valence-electron chi connectivity index (χ4n) is 4.25. The summed E-state index contributed by atoms with van der Waals surface area (Å²) in [6, 6.07) is 28.6. The largest absolute Gasteiger partial charge is 0.326 e. The van der Waals surface area contributed by atoms with Crippen molar-refractivity contribution in [2.24, 2.45) is 0 Å². The topological polar surface area (TPSA) is 46.9 Å². The molecule has 1 N–H and O–H groups in total. The van der Waals surface area contributed by atoms with Gasteiger partial charge in [-0.2, -0.15) is 5.10 Å². The molecule has 34 heavy (non-hydrogen) atoms. The molecule has 3 aromatic carbocycles. The normalized spacial score (nSPS) is 11.4. The summed E-state index contributed by atoms with van der Waals surface area (Å²) in [5.41, 5.74) is 6.28. The number of hydrogen-bond acceptors (Lipinski definition) is 2. The van der Waals surface area contributed by atoms with Crippen molar-refractivity contribution in [1.82, 2.24) is 9.78 Å². The zero-order valence-electron chi connectivity index (χ0n) is 19.9. The van der Waals surface area contributed by atoms with Gasteiger partial charge in [0.15, 0.2) is 0 Å². The van der Waals surface area contributed by atoms with Gasteiger partial charge in [-0.15, -0.1) is 9.24 Å². The number of carbonyl (C=O) groups excluding carboxylic acids is 1. The van der Waals surface area contributed by atoms with E-state index in [4.69, 9.17) is 0 Å². The molecule has 0 aliphatic carbocycles. The average molecular weight is 470 g/mol. The van der Waals surface area contributed by atoms with Crippen molar-refractivity contribution in [1.29, 1.82) is 0 Å². The van der Waals surface area contributed by atoms with E-state index in [0.717, 1.165) is 41.0 Å². The minimum atomic E-state index is 0.00217. The molecule has 0 aliphatic heterocycles. The lowest BCUT2D eigenvalue weighted by Crippen LogP contribution is -2.16. The van der Waals surface area contributed by atoms with Crippen LogP contribution in [0.3, 0.4) is 0 Å². The summed E-state index contributed by atoms with van der Waals surface area (Å²) in [5, 5.41) is 7.80. The molecular weight excluding hydrogens is 437 g/mol. The summed E-state index contributed by atoms with van der Waals surface area (Å²) in [5.74, 6) is 0.00217. The molecule has 174 valence electrons. The monoisotopic (exact) mass is 469 g/mol. The third kappa shape index (κ3) is 5.29. The van der Waals surface area contributed by atoms with Gasteiger partial charge >= 0.3 is 0 Å². The molecule has 0 spiro atoms. The van der Waals surface area contributed by atoms with Crippen molar-refractivity contribution in [2.45, 2.75) is 44.7 Å². The van der Waals surface area contributed by atoms with Crippen molar-refractivity contribution in [3.05, 3.63) is 102 Å². The van der Waals surface area contributed by atoms with Crippen LogP contribution in [0.5, 0.6) is 0 Å². The fourth-order valence-corrected chi connectivity index (χ4v) is 4.44. The number of rotatable bonds is 9. The lowest BCUT2D eigenvalue weighted by atomic mass is 9.92. The average Bonchev–Trinajstić information content (AvgIpc) is 3.32. The SMILES string of the molecule is CCC(P)(CC)c1ccc(NC(=O)CCc2cnn(-c3ccccc3)c2-c2ccccc2)cc1. The highest BCUT2D eigenvalue weighted by molar-refractivity contribution is 7.18. The van der Waals surface area contributed by atoms with Gasteiger partial charge in [0, 0.05) is 22.8 Å². The Morgan fingerprint density at radius 3 is 2.15 bits per heavy atom. The molecule has 4 nitrogen and oxygen atoms in total. The van der Waals surface area contributed by atoms with Crippen LogP contribution in [-0.4, -0.2) is 15.7 Å². The van der Waals surface area contributed by atoms with Crippen LogP contribution >= 0.6 is 9.24 Å². The van der Waals surface area contributed by atoms with E-state index in [1.165, 1.54) is 5.56 Å². The standard InChI is InChI=1S/C29H32N3OP/c1-3-29(34,4-2)24-16-18-25(19-17-24)31-27(33)20-15-23-21-30-32(26-13-9-6-10-14-26)28(23)22-11-7-5-8-12-22/h5-14,16-19,21H,3-4,15,20,34H2,1-2H3,(H,31,33). The van der Waals surface area contributed by atoms with E-state index >= 15 is 0 Å². The Bertz CT molecular complexity index is 1210. The van der Waals surface area contributed by atoms with Gasteiger partial charge in [0.25, 0.3) is 0 Å². The van der Waals surface area contributed by atoms with Gasteiger partial charge in [0.05, 0.1) is 17.6 Å². The number of nitrogens with zero attached hydrogens (tertiary/aromatic N) is 2. The van der Waals surface area contributed by atoms with Crippen molar-refractivity contribution < 1.29 is 4.79 Å². The van der Waals surface area contributed by atoms with E-state index in [9.17, 15) is 4.79 Å². The third-order valence-corrected chi connectivity index (χ3v) is 7.67. The van der Waals surface area contributed by atoms with Gasteiger partial charge in [-0.05, 0) is 54.7 Å². The van der Waals surface area contributed by atoms with Crippen LogP contribution in [0.25, 0.3) is 16.9 Å². The van der Waals surface area contributed by atoms with Gasteiger partial charge in [-0.3, -0.25) is 4.79 Å². The van der Waals surface area contributed by atoms with Crippen molar-refractivity contribution >= 4 is 20.8 Å². The van der Waals surface area contributed by atoms with Gasteiger partial charge in [-0.1, -0.05) is 74.5 Å². The maximum Gasteiger partial charge on any atom is 0.224 e. The van der Waals surface area contributed by atoms with E-state index in [1.807, 2.05) is 71.5 Å². The minimum Gasteiger partial charge on any atom is -0.326 e. The third-order valence-electron chi connectivity index (χ3n) is 6.52. The van der Waals surface area contributed by atoms with Gasteiger partial charge in [0.1, 0.15) is 0 Å². The predicted molar refractivity (Wildman–Crippen MR) is 144 cm³/mol. The molecule has 4 aromatic rings. The number of amides is 1. The Labute approximate surface area is 204 Å². The number of carbonyl (C=O) groups is 1. The highest BCUT2D eigenvalue weighted by Crippen LogP contribution is 2.38. The van der Waals surface area contributed by atoms with Crippen molar-refractivity contribution in [3.8, 4) is 16.9 Å². The molecule has 0 saturated heterocycles.